The standard InChI is InChI=1S/C18H18I2N4O2/c1-4-26-17-12(6-14(19)7-16(17)20)9-22-24-18-15(8-21)13(10-25-3)5-11(2)23-18/h5-7,9H,4,10H2,1-3H3,(H,23,24)/b22-9-. The summed E-state index contributed by atoms with van der Waals surface area (Å²) >= 11 is 4.50. The smallest absolute Gasteiger partial charge is 0.164 e. The maximum absolute atomic E-state index is 9.46. The van der Waals surface area contributed by atoms with Crippen LogP contribution >= 0.6 is 45.2 Å². The molecular weight excluding hydrogens is 558 g/mol. The molecule has 136 valence electrons. The van der Waals surface area contributed by atoms with Gasteiger partial charge in [-0.15, -0.1) is 0 Å². The average Bonchev–Trinajstić information content (AvgIpc) is 2.58. The van der Waals surface area contributed by atoms with Crippen molar-refractivity contribution in [3.63, 3.8) is 0 Å². The molecule has 1 heterocycles. The number of anilines is 1. The highest BCUT2D eigenvalue weighted by Crippen LogP contribution is 2.27. The molecule has 6 nitrogen and oxygen atoms in total. The van der Waals surface area contributed by atoms with Crippen LogP contribution in [0.5, 0.6) is 5.75 Å². The van der Waals surface area contributed by atoms with Crippen molar-refractivity contribution in [2.75, 3.05) is 19.1 Å². The SMILES string of the molecule is CCOc1c(I)cc(I)cc1/C=N\Nc1nc(C)cc(COC)c1C#N. The van der Waals surface area contributed by atoms with Gasteiger partial charge in [-0.3, -0.25) is 5.43 Å². The summed E-state index contributed by atoms with van der Waals surface area (Å²) in [6, 6.07) is 8.04. The van der Waals surface area contributed by atoms with Crippen molar-refractivity contribution in [3.8, 4) is 11.8 Å². The second kappa shape index (κ2) is 10.0. The molecule has 0 radical (unpaired) electrons. The van der Waals surface area contributed by atoms with Crippen LogP contribution in [0, 0.1) is 25.4 Å². The first kappa shape index (κ1) is 20.9. The third-order valence-corrected chi connectivity index (χ3v) is 4.76. The Labute approximate surface area is 180 Å². The summed E-state index contributed by atoms with van der Waals surface area (Å²) in [4.78, 5) is 4.37. The third-order valence-electron chi connectivity index (χ3n) is 3.34. The van der Waals surface area contributed by atoms with Crippen LogP contribution in [-0.4, -0.2) is 24.9 Å². The number of halogens is 2. The Morgan fingerprint density at radius 2 is 2.12 bits per heavy atom. The van der Waals surface area contributed by atoms with E-state index in [1.165, 1.54) is 0 Å². The van der Waals surface area contributed by atoms with Crippen LogP contribution in [-0.2, 0) is 11.3 Å². The first-order chi connectivity index (χ1) is 12.5. The molecule has 1 aromatic carbocycles. The number of methoxy groups -OCH3 is 1. The molecular formula is C18H18I2N4O2. The van der Waals surface area contributed by atoms with Gasteiger partial charge >= 0.3 is 0 Å². The number of hydrogen-bond donors (Lipinski definition) is 1. The van der Waals surface area contributed by atoms with Crippen molar-refractivity contribution < 1.29 is 9.47 Å². The average molecular weight is 576 g/mol. The Hall–Kier alpha value is -1.45. The normalized spacial score (nSPS) is 10.8. The quantitative estimate of drug-likeness (QED) is 0.299. The van der Waals surface area contributed by atoms with Crippen molar-refractivity contribution in [2.45, 2.75) is 20.5 Å². The summed E-state index contributed by atoms with van der Waals surface area (Å²) in [5, 5.41) is 13.7. The molecule has 0 unspecified atom stereocenters. The number of nitrogens with one attached hydrogen (secondary N) is 1. The van der Waals surface area contributed by atoms with Crippen molar-refractivity contribution in [3.05, 3.63) is 47.7 Å². The first-order valence-electron chi connectivity index (χ1n) is 7.80. The van der Waals surface area contributed by atoms with Gasteiger partial charge in [0.05, 0.1) is 23.0 Å². The largest absolute Gasteiger partial charge is 0.492 e. The Bertz CT molecular complexity index is 863. The number of nitrogens with zero attached hydrogens (tertiary/aromatic N) is 3. The van der Waals surface area contributed by atoms with Gasteiger partial charge in [-0.05, 0) is 77.2 Å². The fraction of sp³-hybridized carbons (Fsp3) is 0.278. The van der Waals surface area contributed by atoms with E-state index in [1.807, 2.05) is 32.0 Å². The predicted octanol–water partition coefficient (Wildman–Crippen LogP) is 4.46. The molecule has 0 spiro atoms. The summed E-state index contributed by atoms with van der Waals surface area (Å²) in [5.41, 5.74) is 5.73. The molecule has 0 saturated heterocycles. The summed E-state index contributed by atoms with van der Waals surface area (Å²) in [7, 11) is 1.59. The van der Waals surface area contributed by atoms with Crippen molar-refractivity contribution >= 4 is 57.2 Å². The number of rotatable bonds is 7. The molecule has 0 amide bonds. The minimum atomic E-state index is 0.341. The molecule has 0 saturated carbocycles. The molecule has 1 N–H and O–H groups in total. The van der Waals surface area contributed by atoms with Gasteiger partial charge < -0.3 is 9.47 Å². The molecule has 0 fully saturated rings. The molecule has 1 aromatic heterocycles. The minimum absolute atomic E-state index is 0.341. The van der Waals surface area contributed by atoms with Crippen LogP contribution in [0.1, 0.15) is 29.3 Å². The summed E-state index contributed by atoms with van der Waals surface area (Å²) in [6.45, 7) is 4.72. The number of aryl methyl sites for hydroxylation is 1. The number of nitriles is 1. The van der Waals surface area contributed by atoms with Gasteiger partial charge in [0, 0.05) is 27.5 Å². The van der Waals surface area contributed by atoms with E-state index in [9.17, 15) is 5.26 Å². The Morgan fingerprint density at radius 1 is 1.35 bits per heavy atom. The van der Waals surface area contributed by atoms with E-state index in [-0.39, 0.29) is 0 Å². The zero-order valence-corrected chi connectivity index (χ0v) is 19.0. The number of pyridine rings is 1. The van der Waals surface area contributed by atoms with Gasteiger partial charge in [0.1, 0.15) is 17.4 Å². The Kier molecular flexibility index (Phi) is 8.05. The lowest BCUT2D eigenvalue weighted by molar-refractivity contribution is 0.184. The summed E-state index contributed by atoms with van der Waals surface area (Å²) < 4.78 is 13.0. The van der Waals surface area contributed by atoms with Crippen molar-refractivity contribution in [1.29, 1.82) is 5.26 Å². The third kappa shape index (κ3) is 5.28. The van der Waals surface area contributed by atoms with Crippen molar-refractivity contribution in [2.24, 2.45) is 5.10 Å². The molecule has 2 rings (SSSR count). The fourth-order valence-corrected chi connectivity index (χ4v) is 4.40. The van der Waals surface area contributed by atoms with E-state index in [2.05, 4.69) is 66.8 Å². The van der Waals surface area contributed by atoms with Gasteiger partial charge in [0.25, 0.3) is 0 Å². The van der Waals surface area contributed by atoms with Gasteiger partial charge in [-0.25, -0.2) is 4.98 Å². The monoisotopic (exact) mass is 576 g/mol. The maximum Gasteiger partial charge on any atom is 0.164 e. The number of hydrogen-bond acceptors (Lipinski definition) is 6. The van der Waals surface area contributed by atoms with Gasteiger partial charge in [0.15, 0.2) is 5.82 Å². The highest BCUT2D eigenvalue weighted by molar-refractivity contribution is 14.1. The van der Waals surface area contributed by atoms with E-state index >= 15 is 0 Å². The molecule has 0 aliphatic heterocycles. The van der Waals surface area contributed by atoms with Crippen molar-refractivity contribution in [1.82, 2.24) is 4.98 Å². The van der Waals surface area contributed by atoms with Crippen LogP contribution in [0.3, 0.4) is 0 Å². The van der Waals surface area contributed by atoms with Crippen LogP contribution in [0.2, 0.25) is 0 Å². The number of aromatic nitrogens is 1. The fourth-order valence-electron chi connectivity index (χ4n) is 2.35. The lowest BCUT2D eigenvalue weighted by Crippen LogP contribution is -2.04. The van der Waals surface area contributed by atoms with Crippen LogP contribution in [0.15, 0.2) is 23.3 Å². The molecule has 26 heavy (non-hydrogen) atoms. The molecule has 0 aliphatic carbocycles. The molecule has 8 heteroatoms. The van der Waals surface area contributed by atoms with Crippen LogP contribution < -0.4 is 10.2 Å². The zero-order chi connectivity index (χ0) is 19.1. The molecule has 0 atom stereocenters. The van der Waals surface area contributed by atoms with E-state index in [0.29, 0.717) is 24.6 Å². The highest BCUT2D eigenvalue weighted by Gasteiger charge is 2.12. The van der Waals surface area contributed by atoms with Crippen LogP contribution in [0.25, 0.3) is 0 Å². The molecule has 0 aliphatic rings. The highest BCUT2D eigenvalue weighted by atomic mass is 127. The van der Waals surface area contributed by atoms with E-state index < -0.39 is 0 Å². The molecule has 0 bridgehead atoms. The number of benzene rings is 1. The second-order valence-corrected chi connectivity index (χ2v) is 7.71. The Morgan fingerprint density at radius 3 is 2.77 bits per heavy atom. The molecule has 2 aromatic rings. The lowest BCUT2D eigenvalue weighted by atomic mass is 10.1. The lowest BCUT2D eigenvalue weighted by Gasteiger charge is -2.11. The van der Waals surface area contributed by atoms with Crippen LogP contribution in [0.4, 0.5) is 5.82 Å². The Balaban J connectivity index is 2.33. The number of ether oxygens (including phenoxy) is 2. The topological polar surface area (TPSA) is 79.5 Å². The number of hydrazone groups is 1. The summed E-state index contributed by atoms with van der Waals surface area (Å²) in [6.07, 6.45) is 1.68. The minimum Gasteiger partial charge on any atom is -0.492 e. The van der Waals surface area contributed by atoms with Gasteiger partial charge in [-0.1, -0.05) is 0 Å². The maximum atomic E-state index is 9.46. The van der Waals surface area contributed by atoms with Gasteiger partial charge in [0.2, 0.25) is 0 Å². The second-order valence-electron chi connectivity index (χ2n) is 5.30. The van der Waals surface area contributed by atoms with E-state index in [0.717, 1.165) is 29.7 Å². The van der Waals surface area contributed by atoms with E-state index in [4.69, 9.17) is 9.47 Å². The predicted molar refractivity (Wildman–Crippen MR) is 119 cm³/mol. The van der Waals surface area contributed by atoms with E-state index in [1.54, 1.807) is 13.3 Å². The zero-order valence-electron chi connectivity index (χ0n) is 14.6. The van der Waals surface area contributed by atoms with Gasteiger partial charge in [-0.2, -0.15) is 10.4 Å². The first-order valence-corrected chi connectivity index (χ1v) is 9.96. The summed E-state index contributed by atoms with van der Waals surface area (Å²) in [5.74, 6) is 1.20.